The van der Waals surface area contributed by atoms with Gasteiger partial charge in [0.1, 0.15) is 12.4 Å². The Morgan fingerprint density at radius 1 is 1.11 bits per heavy atom. The van der Waals surface area contributed by atoms with Gasteiger partial charge in [0, 0.05) is 17.7 Å². The number of aromatic hydroxyl groups is 1. The Balaban J connectivity index is 1.83. The van der Waals surface area contributed by atoms with E-state index in [1.807, 2.05) is 12.1 Å². The van der Waals surface area contributed by atoms with Gasteiger partial charge in [-0.1, -0.05) is 63.6 Å². The highest BCUT2D eigenvalue weighted by Crippen LogP contribution is 2.34. The minimum absolute atomic E-state index is 0.0885. The molecule has 0 aliphatic rings. The summed E-state index contributed by atoms with van der Waals surface area (Å²) in [7, 11) is 1.61. The van der Waals surface area contributed by atoms with Crippen molar-refractivity contribution in [3.63, 3.8) is 0 Å². The van der Waals surface area contributed by atoms with Crippen LogP contribution in [0.3, 0.4) is 0 Å². The highest BCUT2D eigenvalue weighted by Gasteiger charge is 2.16. The Morgan fingerprint density at radius 3 is 2.42 bits per heavy atom. The van der Waals surface area contributed by atoms with Crippen LogP contribution in [0.15, 0.2) is 59.7 Å². The van der Waals surface area contributed by atoms with Crippen molar-refractivity contribution in [2.24, 2.45) is 5.10 Å². The molecule has 3 aromatic rings. The normalized spacial score (nSPS) is 11.4. The molecule has 202 valence electrons. The second-order valence-corrected chi connectivity index (χ2v) is 9.63. The lowest BCUT2D eigenvalue weighted by atomic mass is 10.0. The zero-order chi connectivity index (χ0) is 27.7. The number of nitrogens with one attached hydrogen (secondary N) is 1. The maximum atomic E-state index is 12.4. The molecule has 0 heterocycles. The third-order valence-electron chi connectivity index (χ3n) is 6.28. The molecule has 0 fully saturated rings. The molecule has 3 aromatic carbocycles. The van der Waals surface area contributed by atoms with Crippen molar-refractivity contribution < 1.29 is 19.4 Å². The van der Waals surface area contributed by atoms with Crippen molar-refractivity contribution in [3.8, 4) is 17.2 Å². The van der Waals surface area contributed by atoms with Crippen LogP contribution in [0.1, 0.15) is 66.2 Å². The smallest absolute Gasteiger partial charge is 0.271 e. The molecule has 38 heavy (non-hydrogen) atoms. The third-order valence-corrected chi connectivity index (χ3v) is 6.58. The van der Waals surface area contributed by atoms with E-state index in [1.165, 1.54) is 23.8 Å². The lowest BCUT2D eigenvalue weighted by Crippen LogP contribution is -2.23. The van der Waals surface area contributed by atoms with E-state index in [-0.39, 0.29) is 16.3 Å². The molecule has 0 unspecified atom stereocenters. The number of hydrogen-bond acceptors (Lipinski definition) is 6. The lowest BCUT2D eigenvalue weighted by molar-refractivity contribution is 0.0955. The molecule has 0 bridgehead atoms. The van der Waals surface area contributed by atoms with Crippen LogP contribution in [0.5, 0.6) is 17.2 Å². The number of phenols is 1. The standard InChI is InChI=1S/C30H36ClN3O4/c1-6-34(7-2)18-25-14-22(17-32-33-30(36)24-12-13-27(35)26(31)16-24)15-28(37-5)29(25)38-19-21-8-10-23(11-9-21)20(3)4/h8-17,20,35H,6-7,18-19H2,1-5H3,(H,33,36). The summed E-state index contributed by atoms with van der Waals surface area (Å²) in [6.45, 7) is 11.5. The monoisotopic (exact) mass is 537 g/mol. The number of phenolic OH excluding ortho intramolecular Hbond substituents is 1. The number of nitrogens with zero attached hydrogens (tertiary/aromatic N) is 2. The predicted molar refractivity (Wildman–Crippen MR) is 153 cm³/mol. The Morgan fingerprint density at radius 2 is 1.82 bits per heavy atom. The van der Waals surface area contributed by atoms with Crippen LogP contribution in [-0.2, 0) is 13.2 Å². The van der Waals surface area contributed by atoms with Gasteiger partial charge in [-0.25, -0.2) is 5.43 Å². The number of amides is 1. The van der Waals surface area contributed by atoms with E-state index in [0.29, 0.717) is 30.6 Å². The Labute approximate surface area is 230 Å². The summed E-state index contributed by atoms with van der Waals surface area (Å²) < 4.78 is 12.0. The fraction of sp³-hybridized carbons (Fsp3) is 0.333. The summed E-state index contributed by atoms with van der Waals surface area (Å²) in [6, 6.07) is 16.5. The van der Waals surface area contributed by atoms with Crippen molar-refractivity contribution >= 4 is 23.7 Å². The van der Waals surface area contributed by atoms with Crippen molar-refractivity contribution in [3.05, 3.63) is 87.4 Å². The molecule has 1 amide bonds. The number of halogens is 1. The molecule has 0 aromatic heterocycles. The van der Waals surface area contributed by atoms with Crippen LogP contribution in [-0.4, -0.2) is 42.3 Å². The average molecular weight is 538 g/mol. The highest BCUT2D eigenvalue weighted by molar-refractivity contribution is 6.32. The molecule has 0 saturated heterocycles. The van der Waals surface area contributed by atoms with Crippen molar-refractivity contribution in [1.29, 1.82) is 0 Å². The fourth-order valence-electron chi connectivity index (χ4n) is 3.91. The van der Waals surface area contributed by atoms with Gasteiger partial charge in [0.2, 0.25) is 0 Å². The van der Waals surface area contributed by atoms with Gasteiger partial charge in [0.15, 0.2) is 11.5 Å². The second-order valence-electron chi connectivity index (χ2n) is 9.22. The average Bonchev–Trinajstić information content (AvgIpc) is 2.92. The summed E-state index contributed by atoms with van der Waals surface area (Å²) in [5, 5.41) is 13.8. The molecule has 0 spiro atoms. The summed E-state index contributed by atoms with van der Waals surface area (Å²) in [5.74, 6) is 1.22. The quantitative estimate of drug-likeness (QED) is 0.207. The van der Waals surface area contributed by atoms with Gasteiger partial charge in [-0.05, 0) is 66.0 Å². The molecule has 7 nitrogen and oxygen atoms in total. The van der Waals surface area contributed by atoms with Gasteiger partial charge in [-0.15, -0.1) is 0 Å². The van der Waals surface area contributed by atoms with Crippen LogP contribution in [0.2, 0.25) is 5.02 Å². The number of ether oxygens (including phenoxy) is 2. The zero-order valence-electron chi connectivity index (χ0n) is 22.6. The topological polar surface area (TPSA) is 83.4 Å². The van der Waals surface area contributed by atoms with Crippen molar-refractivity contribution in [2.75, 3.05) is 20.2 Å². The molecule has 0 aliphatic heterocycles. The van der Waals surface area contributed by atoms with E-state index in [4.69, 9.17) is 21.1 Å². The molecule has 0 atom stereocenters. The van der Waals surface area contributed by atoms with E-state index in [1.54, 1.807) is 13.3 Å². The minimum atomic E-state index is -0.443. The summed E-state index contributed by atoms with van der Waals surface area (Å²) in [4.78, 5) is 14.7. The van der Waals surface area contributed by atoms with Crippen molar-refractivity contribution in [1.82, 2.24) is 10.3 Å². The van der Waals surface area contributed by atoms with Gasteiger partial charge >= 0.3 is 0 Å². The predicted octanol–water partition coefficient (Wildman–Crippen LogP) is 6.36. The lowest BCUT2D eigenvalue weighted by Gasteiger charge is -2.22. The summed E-state index contributed by atoms with van der Waals surface area (Å²) >= 11 is 5.90. The number of methoxy groups -OCH3 is 1. The third kappa shape index (κ3) is 7.73. The van der Waals surface area contributed by atoms with E-state index in [0.717, 1.165) is 29.8 Å². The van der Waals surface area contributed by atoms with Crippen molar-refractivity contribution in [2.45, 2.75) is 46.8 Å². The van der Waals surface area contributed by atoms with E-state index >= 15 is 0 Å². The number of rotatable bonds is 12. The van der Waals surface area contributed by atoms with Gasteiger partial charge < -0.3 is 14.6 Å². The van der Waals surface area contributed by atoms with Crippen LogP contribution < -0.4 is 14.9 Å². The number of benzene rings is 3. The molecule has 8 heteroatoms. The van der Waals surface area contributed by atoms with Crippen LogP contribution in [0.4, 0.5) is 0 Å². The first-order valence-electron chi connectivity index (χ1n) is 12.7. The van der Waals surface area contributed by atoms with Gasteiger partial charge in [-0.2, -0.15) is 5.10 Å². The summed E-state index contributed by atoms with van der Waals surface area (Å²) in [6.07, 6.45) is 1.56. The first-order chi connectivity index (χ1) is 18.2. The van der Waals surface area contributed by atoms with Gasteiger partial charge in [0.05, 0.1) is 18.3 Å². The first kappa shape index (κ1) is 29.0. The Kier molecular flexibility index (Phi) is 10.6. The van der Waals surface area contributed by atoms with Crippen LogP contribution >= 0.6 is 11.6 Å². The molecule has 0 radical (unpaired) electrons. The zero-order valence-corrected chi connectivity index (χ0v) is 23.4. The SMILES string of the molecule is CCN(CC)Cc1cc(C=NNC(=O)c2ccc(O)c(Cl)c2)cc(OC)c1OCc1ccc(C(C)C)cc1. The molecule has 3 rings (SSSR count). The van der Waals surface area contributed by atoms with Crippen LogP contribution in [0.25, 0.3) is 0 Å². The molecule has 2 N–H and O–H groups in total. The summed E-state index contributed by atoms with van der Waals surface area (Å²) in [5.41, 5.74) is 6.86. The highest BCUT2D eigenvalue weighted by atomic mass is 35.5. The van der Waals surface area contributed by atoms with E-state index in [2.05, 4.69) is 67.4 Å². The van der Waals surface area contributed by atoms with E-state index in [9.17, 15) is 9.90 Å². The Hall–Kier alpha value is -3.55. The second kappa shape index (κ2) is 13.8. The molecular formula is C30H36ClN3O4. The Bertz CT molecular complexity index is 1260. The van der Waals surface area contributed by atoms with Gasteiger partial charge in [-0.3, -0.25) is 9.69 Å². The largest absolute Gasteiger partial charge is 0.506 e. The molecule has 0 saturated carbocycles. The molecular weight excluding hydrogens is 502 g/mol. The number of hydrazone groups is 1. The maximum Gasteiger partial charge on any atom is 0.271 e. The fourth-order valence-corrected chi connectivity index (χ4v) is 4.09. The number of hydrogen-bond donors (Lipinski definition) is 2. The first-order valence-corrected chi connectivity index (χ1v) is 13.1. The van der Waals surface area contributed by atoms with Gasteiger partial charge in [0.25, 0.3) is 5.91 Å². The maximum absolute atomic E-state index is 12.4. The van der Waals surface area contributed by atoms with E-state index < -0.39 is 5.91 Å². The van der Waals surface area contributed by atoms with Crippen LogP contribution in [0, 0.1) is 0 Å². The molecule has 0 aliphatic carbocycles. The number of carbonyl (C=O) groups excluding carboxylic acids is 1. The minimum Gasteiger partial charge on any atom is -0.506 e. The number of carbonyl (C=O) groups is 1.